The van der Waals surface area contributed by atoms with Gasteiger partial charge in [0.1, 0.15) is 5.75 Å². The molecule has 1 aromatic rings. The molecule has 5 heteroatoms. The van der Waals surface area contributed by atoms with Gasteiger partial charge in [0.05, 0.1) is 0 Å². The summed E-state index contributed by atoms with van der Waals surface area (Å²) in [5, 5.41) is 0. The lowest BCUT2D eigenvalue weighted by Crippen LogP contribution is -2.58. The van der Waals surface area contributed by atoms with Crippen molar-refractivity contribution in [2.24, 2.45) is 5.92 Å². The third kappa shape index (κ3) is 4.20. The highest BCUT2D eigenvalue weighted by Crippen LogP contribution is 2.35. The first-order valence-corrected chi connectivity index (χ1v) is 11.3. The van der Waals surface area contributed by atoms with Gasteiger partial charge in [-0.2, -0.15) is 11.8 Å². The lowest BCUT2D eigenvalue weighted by atomic mass is 9.82. The smallest absolute Gasteiger partial charge is 0.260 e. The van der Waals surface area contributed by atoms with Gasteiger partial charge in [-0.1, -0.05) is 18.2 Å². The molecule has 0 radical (unpaired) electrons. The first-order chi connectivity index (χ1) is 12.8. The molecule has 0 aliphatic carbocycles. The molecule has 4 nitrogen and oxygen atoms in total. The number of benzene rings is 1. The molecule has 4 rings (SSSR count). The molecule has 3 fully saturated rings. The van der Waals surface area contributed by atoms with Gasteiger partial charge in [0.15, 0.2) is 6.61 Å². The summed E-state index contributed by atoms with van der Waals surface area (Å²) < 4.78 is 5.67. The lowest BCUT2D eigenvalue weighted by molar-refractivity contribution is -0.137. The Balaban J connectivity index is 1.31. The Morgan fingerprint density at radius 3 is 2.69 bits per heavy atom. The van der Waals surface area contributed by atoms with Crippen LogP contribution in [0, 0.1) is 5.92 Å². The van der Waals surface area contributed by atoms with Gasteiger partial charge in [-0.15, -0.1) is 0 Å². The van der Waals surface area contributed by atoms with Crippen LogP contribution in [0.1, 0.15) is 32.1 Å². The minimum Gasteiger partial charge on any atom is -0.484 e. The number of amides is 1. The number of carbonyl (C=O) groups excluding carboxylic acids is 1. The monoisotopic (exact) mass is 374 g/mol. The van der Waals surface area contributed by atoms with Crippen molar-refractivity contribution in [1.82, 2.24) is 9.80 Å². The molecule has 26 heavy (non-hydrogen) atoms. The van der Waals surface area contributed by atoms with Crippen LogP contribution in [0.3, 0.4) is 0 Å². The number of rotatable bonds is 4. The molecule has 1 aromatic carbocycles. The summed E-state index contributed by atoms with van der Waals surface area (Å²) in [5.41, 5.74) is 0. The van der Waals surface area contributed by atoms with Crippen LogP contribution in [0.4, 0.5) is 0 Å². The average Bonchev–Trinajstić information content (AvgIpc) is 2.72. The SMILES string of the molecule is O=C(COc1ccccc1)N1CC[C@H]2[C@H](CCCN2C2CCSCC2)C1. The maximum atomic E-state index is 12.6. The summed E-state index contributed by atoms with van der Waals surface area (Å²) in [4.78, 5) is 17.5. The number of piperidine rings is 2. The number of carbonyl (C=O) groups is 1. The van der Waals surface area contributed by atoms with Gasteiger partial charge in [-0.05, 0) is 68.2 Å². The maximum absolute atomic E-state index is 12.6. The molecule has 1 amide bonds. The summed E-state index contributed by atoms with van der Waals surface area (Å²) in [6, 6.07) is 11.1. The van der Waals surface area contributed by atoms with E-state index in [9.17, 15) is 4.79 Å². The van der Waals surface area contributed by atoms with Gasteiger partial charge in [0.2, 0.25) is 0 Å². The number of hydrogen-bond donors (Lipinski definition) is 0. The van der Waals surface area contributed by atoms with E-state index in [-0.39, 0.29) is 12.5 Å². The van der Waals surface area contributed by atoms with Crippen molar-refractivity contribution in [3.05, 3.63) is 30.3 Å². The summed E-state index contributed by atoms with van der Waals surface area (Å²) in [6.07, 6.45) is 6.38. The highest BCUT2D eigenvalue weighted by molar-refractivity contribution is 7.99. The molecule has 0 unspecified atom stereocenters. The predicted molar refractivity (Wildman–Crippen MR) is 107 cm³/mol. The van der Waals surface area contributed by atoms with E-state index in [4.69, 9.17) is 4.74 Å². The van der Waals surface area contributed by atoms with E-state index in [0.29, 0.717) is 12.0 Å². The van der Waals surface area contributed by atoms with Gasteiger partial charge < -0.3 is 9.64 Å². The molecule has 0 saturated carbocycles. The zero-order chi connectivity index (χ0) is 17.8. The number of hydrogen-bond acceptors (Lipinski definition) is 4. The van der Waals surface area contributed by atoms with Crippen molar-refractivity contribution < 1.29 is 9.53 Å². The Hall–Kier alpha value is -1.20. The van der Waals surface area contributed by atoms with E-state index >= 15 is 0 Å². The Morgan fingerprint density at radius 2 is 1.88 bits per heavy atom. The molecule has 0 bridgehead atoms. The standard InChI is InChI=1S/C21H30N2O2S/c24-21(16-25-19-6-2-1-3-7-19)22-12-8-20-17(15-22)5-4-11-23(20)18-9-13-26-14-10-18/h1-3,6-7,17-18,20H,4-5,8-16H2/t17-,20+/m1/s1. The van der Waals surface area contributed by atoms with Crippen LogP contribution in [0.2, 0.25) is 0 Å². The third-order valence-electron chi connectivity index (χ3n) is 6.23. The topological polar surface area (TPSA) is 32.8 Å². The van der Waals surface area contributed by atoms with Crippen molar-refractivity contribution in [2.45, 2.75) is 44.2 Å². The van der Waals surface area contributed by atoms with Crippen molar-refractivity contribution in [2.75, 3.05) is 37.7 Å². The van der Waals surface area contributed by atoms with E-state index in [0.717, 1.165) is 31.3 Å². The maximum Gasteiger partial charge on any atom is 0.260 e. The Labute approximate surface area is 161 Å². The fourth-order valence-corrected chi connectivity index (χ4v) is 5.97. The fourth-order valence-electron chi connectivity index (χ4n) is 4.89. The van der Waals surface area contributed by atoms with Crippen LogP contribution in [-0.2, 0) is 4.79 Å². The van der Waals surface area contributed by atoms with Gasteiger partial charge in [0, 0.05) is 25.2 Å². The normalized spacial score (nSPS) is 27.8. The number of nitrogens with zero attached hydrogens (tertiary/aromatic N) is 2. The lowest BCUT2D eigenvalue weighted by Gasteiger charge is -2.50. The highest BCUT2D eigenvalue weighted by Gasteiger charge is 2.39. The fraction of sp³-hybridized carbons (Fsp3) is 0.667. The number of thioether (sulfide) groups is 1. The van der Waals surface area contributed by atoms with Crippen LogP contribution in [0.25, 0.3) is 0 Å². The van der Waals surface area contributed by atoms with E-state index < -0.39 is 0 Å². The summed E-state index contributed by atoms with van der Waals surface area (Å²) in [7, 11) is 0. The van der Waals surface area contributed by atoms with Crippen molar-refractivity contribution in [3.63, 3.8) is 0 Å². The first kappa shape index (κ1) is 18.2. The molecule has 0 N–H and O–H groups in total. The average molecular weight is 375 g/mol. The van der Waals surface area contributed by atoms with E-state index in [1.54, 1.807) is 0 Å². The van der Waals surface area contributed by atoms with E-state index in [2.05, 4.69) is 16.7 Å². The molecule has 2 atom stereocenters. The Morgan fingerprint density at radius 1 is 1.08 bits per heavy atom. The summed E-state index contributed by atoms with van der Waals surface area (Å²) >= 11 is 2.11. The van der Waals surface area contributed by atoms with Crippen molar-refractivity contribution in [1.29, 1.82) is 0 Å². The quantitative estimate of drug-likeness (QED) is 0.810. The second-order valence-corrected chi connectivity index (χ2v) is 9.01. The van der Waals surface area contributed by atoms with Crippen LogP contribution in [-0.4, -0.2) is 65.5 Å². The predicted octanol–water partition coefficient (Wildman–Crippen LogP) is 3.27. The zero-order valence-corrected chi connectivity index (χ0v) is 16.3. The third-order valence-corrected chi connectivity index (χ3v) is 7.28. The Kier molecular flexibility index (Phi) is 6.05. The number of ether oxygens (including phenoxy) is 1. The van der Waals surface area contributed by atoms with Crippen LogP contribution in [0.5, 0.6) is 5.75 Å². The summed E-state index contributed by atoms with van der Waals surface area (Å²) in [5.74, 6) is 4.20. The molecule has 0 aromatic heterocycles. The molecule has 3 aliphatic heterocycles. The first-order valence-electron chi connectivity index (χ1n) is 10.1. The minimum absolute atomic E-state index is 0.137. The molecular formula is C21H30N2O2S. The number of likely N-dealkylation sites (tertiary alicyclic amines) is 2. The van der Waals surface area contributed by atoms with E-state index in [1.165, 1.54) is 43.7 Å². The van der Waals surface area contributed by atoms with Gasteiger partial charge in [-0.3, -0.25) is 9.69 Å². The second-order valence-electron chi connectivity index (χ2n) is 7.78. The van der Waals surface area contributed by atoms with Gasteiger partial charge in [-0.25, -0.2) is 0 Å². The van der Waals surface area contributed by atoms with Crippen LogP contribution < -0.4 is 4.74 Å². The van der Waals surface area contributed by atoms with Gasteiger partial charge >= 0.3 is 0 Å². The highest BCUT2D eigenvalue weighted by atomic mass is 32.2. The molecule has 3 aliphatic rings. The number of para-hydroxylation sites is 1. The molecule has 142 valence electrons. The minimum atomic E-state index is 0.137. The largest absolute Gasteiger partial charge is 0.484 e. The van der Waals surface area contributed by atoms with Crippen LogP contribution >= 0.6 is 11.8 Å². The molecule has 3 heterocycles. The molecule has 0 spiro atoms. The van der Waals surface area contributed by atoms with E-state index in [1.807, 2.05) is 35.2 Å². The summed E-state index contributed by atoms with van der Waals surface area (Å²) in [6.45, 7) is 3.22. The number of fused-ring (bicyclic) bond motifs is 1. The molecule has 3 saturated heterocycles. The zero-order valence-electron chi connectivity index (χ0n) is 15.5. The van der Waals surface area contributed by atoms with Gasteiger partial charge in [0.25, 0.3) is 5.91 Å². The Bertz CT molecular complexity index is 591. The second kappa shape index (κ2) is 8.66. The van der Waals surface area contributed by atoms with Crippen molar-refractivity contribution in [3.8, 4) is 5.75 Å². The van der Waals surface area contributed by atoms with Crippen LogP contribution in [0.15, 0.2) is 30.3 Å². The molecular weight excluding hydrogens is 344 g/mol. The van der Waals surface area contributed by atoms with Crippen molar-refractivity contribution >= 4 is 17.7 Å².